The van der Waals surface area contributed by atoms with Crippen LogP contribution in [-0.4, -0.2) is 21.8 Å². The minimum Gasteiger partial charge on any atom is -0.370 e. The SMILES string of the molecule is C[C@@H]([CH]C(=O)NCc1cnccn1)CC(N)=O. The summed E-state index contributed by atoms with van der Waals surface area (Å²) in [6, 6.07) is 0. The Morgan fingerprint density at radius 2 is 2.29 bits per heavy atom. The van der Waals surface area contributed by atoms with Crippen LogP contribution in [0.1, 0.15) is 19.0 Å². The van der Waals surface area contributed by atoms with Crippen LogP contribution in [0.15, 0.2) is 18.6 Å². The Morgan fingerprint density at radius 1 is 1.53 bits per heavy atom. The van der Waals surface area contributed by atoms with Crippen molar-refractivity contribution in [1.29, 1.82) is 0 Å². The van der Waals surface area contributed by atoms with Crippen LogP contribution in [-0.2, 0) is 16.1 Å². The quantitative estimate of drug-likeness (QED) is 0.714. The number of nitrogens with two attached hydrogens (primary N) is 1. The Morgan fingerprint density at radius 3 is 2.88 bits per heavy atom. The summed E-state index contributed by atoms with van der Waals surface area (Å²) in [4.78, 5) is 30.0. The van der Waals surface area contributed by atoms with Gasteiger partial charge in [-0.05, 0) is 5.92 Å². The van der Waals surface area contributed by atoms with Crippen molar-refractivity contribution in [2.24, 2.45) is 11.7 Å². The van der Waals surface area contributed by atoms with Crippen molar-refractivity contribution in [3.63, 3.8) is 0 Å². The number of aromatic nitrogens is 2. The van der Waals surface area contributed by atoms with Crippen LogP contribution in [0.5, 0.6) is 0 Å². The number of hydrogen-bond donors (Lipinski definition) is 2. The molecule has 6 heteroatoms. The van der Waals surface area contributed by atoms with Crippen molar-refractivity contribution in [1.82, 2.24) is 15.3 Å². The molecule has 91 valence electrons. The molecule has 1 atom stereocenters. The van der Waals surface area contributed by atoms with Gasteiger partial charge in [0, 0.05) is 18.8 Å². The third kappa shape index (κ3) is 5.60. The van der Waals surface area contributed by atoms with E-state index in [1.165, 1.54) is 6.42 Å². The van der Waals surface area contributed by atoms with Gasteiger partial charge < -0.3 is 11.1 Å². The van der Waals surface area contributed by atoms with Crippen LogP contribution in [0.3, 0.4) is 0 Å². The Bertz CT molecular complexity index is 380. The third-order valence-electron chi connectivity index (χ3n) is 2.02. The molecule has 1 radical (unpaired) electrons. The molecule has 0 aliphatic rings. The van der Waals surface area contributed by atoms with Gasteiger partial charge in [-0.2, -0.15) is 0 Å². The minimum atomic E-state index is -0.421. The fourth-order valence-corrected chi connectivity index (χ4v) is 1.29. The first-order chi connectivity index (χ1) is 8.08. The Labute approximate surface area is 99.6 Å². The summed E-state index contributed by atoms with van der Waals surface area (Å²) < 4.78 is 0. The average molecular weight is 235 g/mol. The highest BCUT2D eigenvalue weighted by Crippen LogP contribution is 2.05. The molecule has 0 spiro atoms. The molecule has 0 aliphatic heterocycles. The second-order valence-corrected chi connectivity index (χ2v) is 3.73. The first-order valence-corrected chi connectivity index (χ1v) is 5.24. The Balaban J connectivity index is 2.28. The molecule has 0 aliphatic carbocycles. The maximum Gasteiger partial charge on any atom is 0.224 e. The molecular weight excluding hydrogens is 220 g/mol. The lowest BCUT2D eigenvalue weighted by atomic mass is 10.0. The lowest BCUT2D eigenvalue weighted by Crippen LogP contribution is -2.27. The molecule has 0 fully saturated rings. The number of rotatable bonds is 6. The zero-order valence-corrected chi connectivity index (χ0v) is 9.59. The molecule has 1 heterocycles. The van der Waals surface area contributed by atoms with Gasteiger partial charge >= 0.3 is 0 Å². The smallest absolute Gasteiger partial charge is 0.224 e. The number of nitrogens with zero attached hydrogens (tertiary/aromatic N) is 2. The number of amides is 2. The summed E-state index contributed by atoms with van der Waals surface area (Å²) in [6.07, 6.45) is 6.29. The topological polar surface area (TPSA) is 98.0 Å². The van der Waals surface area contributed by atoms with Crippen molar-refractivity contribution in [2.75, 3.05) is 0 Å². The monoisotopic (exact) mass is 235 g/mol. The number of nitrogens with one attached hydrogen (secondary N) is 1. The van der Waals surface area contributed by atoms with Gasteiger partial charge in [-0.15, -0.1) is 0 Å². The van der Waals surface area contributed by atoms with Crippen molar-refractivity contribution in [3.05, 3.63) is 30.7 Å². The van der Waals surface area contributed by atoms with E-state index in [-0.39, 0.29) is 18.2 Å². The Kier molecular flexibility index (Phi) is 5.06. The normalized spacial score (nSPS) is 11.8. The largest absolute Gasteiger partial charge is 0.370 e. The molecule has 0 unspecified atom stereocenters. The molecule has 1 aromatic heterocycles. The van der Waals surface area contributed by atoms with E-state index in [1.54, 1.807) is 25.5 Å². The highest BCUT2D eigenvalue weighted by atomic mass is 16.2. The lowest BCUT2D eigenvalue weighted by molar-refractivity contribution is -0.119. The number of carbonyl (C=O) groups is 2. The van der Waals surface area contributed by atoms with Gasteiger partial charge in [0.15, 0.2) is 0 Å². The fraction of sp³-hybridized carbons (Fsp3) is 0.364. The summed E-state index contributed by atoms with van der Waals surface area (Å²) in [5.41, 5.74) is 5.70. The predicted octanol–water partition coefficient (Wildman–Crippen LogP) is -0.191. The van der Waals surface area contributed by atoms with Crippen LogP contribution in [0, 0.1) is 12.3 Å². The molecule has 6 nitrogen and oxygen atoms in total. The third-order valence-corrected chi connectivity index (χ3v) is 2.02. The Hall–Kier alpha value is -1.98. The minimum absolute atomic E-state index is 0.165. The summed E-state index contributed by atoms with van der Waals surface area (Å²) >= 11 is 0. The number of primary amides is 1. The van der Waals surface area contributed by atoms with Gasteiger partial charge in [0.2, 0.25) is 11.8 Å². The molecule has 2 amide bonds. The van der Waals surface area contributed by atoms with E-state index in [0.29, 0.717) is 12.2 Å². The first-order valence-electron chi connectivity index (χ1n) is 5.24. The van der Waals surface area contributed by atoms with Crippen LogP contribution in [0.25, 0.3) is 0 Å². The second kappa shape index (κ2) is 6.57. The molecule has 1 aromatic rings. The summed E-state index contributed by atoms with van der Waals surface area (Å²) in [7, 11) is 0. The molecule has 0 saturated heterocycles. The van der Waals surface area contributed by atoms with Gasteiger partial charge in [-0.25, -0.2) is 0 Å². The predicted molar refractivity (Wildman–Crippen MR) is 61.2 cm³/mol. The zero-order valence-electron chi connectivity index (χ0n) is 9.59. The summed E-state index contributed by atoms with van der Waals surface area (Å²) in [5, 5.41) is 2.65. The molecule has 1 rings (SSSR count). The molecule has 3 N–H and O–H groups in total. The lowest BCUT2D eigenvalue weighted by Gasteiger charge is -2.08. The highest BCUT2D eigenvalue weighted by Gasteiger charge is 2.11. The van der Waals surface area contributed by atoms with Crippen molar-refractivity contribution >= 4 is 11.8 Å². The molecule has 0 aromatic carbocycles. The fourth-order valence-electron chi connectivity index (χ4n) is 1.29. The molecule has 17 heavy (non-hydrogen) atoms. The van der Waals surface area contributed by atoms with Gasteiger partial charge in [-0.1, -0.05) is 6.92 Å². The van der Waals surface area contributed by atoms with Crippen LogP contribution in [0.2, 0.25) is 0 Å². The molecule has 0 bridgehead atoms. The van der Waals surface area contributed by atoms with E-state index in [9.17, 15) is 9.59 Å². The summed E-state index contributed by atoms with van der Waals surface area (Å²) in [6.45, 7) is 2.07. The van der Waals surface area contributed by atoms with Crippen molar-refractivity contribution < 1.29 is 9.59 Å². The summed E-state index contributed by atoms with van der Waals surface area (Å²) in [5.74, 6) is -0.839. The van der Waals surface area contributed by atoms with E-state index in [4.69, 9.17) is 5.73 Å². The molecule has 0 saturated carbocycles. The maximum absolute atomic E-state index is 11.4. The number of hydrogen-bond acceptors (Lipinski definition) is 4. The first kappa shape index (κ1) is 13.1. The standard InChI is InChI=1S/C11H15N4O2/c1-8(4-10(12)16)5-11(17)15-7-9-6-13-2-3-14-9/h2-3,5-6,8H,4,7H2,1H3,(H2,12,16)(H,15,17)/t8-/m1/s1. The second-order valence-electron chi connectivity index (χ2n) is 3.73. The average Bonchev–Trinajstić information content (AvgIpc) is 2.26. The molecular formula is C11H15N4O2. The van der Waals surface area contributed by atoms with Crippen molar-refractivity contribution in [2.45, 2.75) is 19.9 Å². The van der Waals surface area contributed by atoms with E-state index in [1.807, 2.05) is 0 Å². The van der Waals surface area contributed by atoms with E-state index in [2.05, 4.69) is 15.3 Å². The zero-order chi connectivity index (χ0) is 12.7. The van der Waals surface area contributed by atoms with Gasteiger partial charge in [-0.3, -0.25) is 19.6 Å². The van der Waals surface area contributed by atoms with E-state index >= 15 is 0 Å². The van der Waals surface area contributed by atoms with Crippen LogP contribution < -0.4 is 11.1 Å². The van der Waals surface area contributed by atoms with E-state index in [0.717, 1.165) is 0 Å². The van der Waals surface area contributed by atoms with Crippen molar-refractivity contribution in [3.8, 4) is 0 Å². The van der Waals surface area contributed by atoms with Crippen LogP contribution >= 0.6 is 0 Å². The van der Waals surface area contributed by atoms with Gasteiger partial charge in [0.05, 0.1) is 24.9 Å². The van der Waals surface area contributed by atoms with E-state index < -0.39 is 5.91 Å². The maximum atomic E-state index is 11.4. The number of carbonyl (C=O) groups excluding carboxylic acids is 2. The highest BCUT2D eigenvalue weighted by molar-refractivity contribution is 5.86. The van der Waals surface area contributed by atoms with Gasteiger partial charge in [0.25, 0.3) is 0 Å². The van der Waals surface area contributed by atoms with Crippen LogP contribution in [0.4, 0.5) is 0 Å². The van der Waals surface area contributed by atoms with Gasteiger partial charge in [0.1, 0.15) is 0 Å².